The van der Waals surface area contributed by atoms with Crippen molar-refractivity contribution in [3.63, 3.8) is 0 Å². The van der Waals surface area contributed by atoms with Crippen LogP contribution in [0.2, 0.25) is 0 Å². The maximum absolute atomic E-state index is 11.2. The van der Waals surface area contributed by atoms with E-state index in [0.717, 1.165) is 5.56 Å². The predicted molar refractivity (Wildman–Crippen MR) is 81.8 cm³/mol. The number of hydrogen-bond acceptors (Lipinski definition) is 4. The van der Waals surface area contributed by atoms with E-state index < -0.39 is 4.92 Å². The lowest BCUT2D eigenvalue weighted by Gasteiger charge is -2.21. The molecule has 0 amide bonds. The van der Waals surface area contributed by atoms with Gasteiger partial charge in [0.25, 0.3) is 5.69 Å². The Balaban J connectivity index is 2.28. The molecule has 0 spiro atoms. The molecule has 0 fully saturated rings. The van der Waals surface area contributed by atoms with Gasteiger partial charge in [-0.15, -0.1) is 0 Å². The number of anilines is 1. The fourth-order valence-corrected chi connectivity index (χ4v) is 2.27. The van der Waals surface area contributed by atoms with Crippen molar-refractivity contribution in [3.8, 4) is 0 Å². The second-order valence-electron chi connectivity index (χ2n) is 4.96. The molecule has 0 aliphatic heterocycles. The first-order chi connectivity index (χ1) is 10.0. The SMILES string of the molecule is Cc1cccc(CN(C)c2ccc([N+](=O)[O-])cc2C=O)c1. The number of nitrogens with zero attached hydrogens (tertiary/aromatic N) is 2. The first kappa shape index (κ1) is 14.7. The normalized spacial score (nSPS) is 10.2. The zero-order valence-corrected chi connectivity index (χ0v) is 11.9. The van der Waals surface area contributed by atoms with E-state index in [1.807, 2.05) is 37.1 Å². The highest BCUT2D eigenvalue weighted by Crippen LogP contribution is 2.24. The number of aryl methyl sites for hydroxylation is 1. The molecule has 0 atom stereocenters. The number of hydrogen-bond donors (Lipinski definition) is 0. The van der Waals surface area contributed by atoms with Crippen LogP contribution in [0.1, 0.15) is 21.5 Å². The smallest absolute Gasteiger partial charge is 0.270 e. The Labute approximate surface area is 123 Å². The number of nitro benzene ring substituents is 1. The van der Waals surface area contributed by atoms with Gasteiger partial charge in [-0.05, 0) is 18.6 Å². The maximum Gasteiger partial charge on any atom is 0.270 e. The molecule has 5 heteroatoms. The minimum absolute atomic E-state index is 0.0789. The van der Waals surface area contributed by atoms with Gasteiger partial charge in [0, 0.05) is 37.0 Å². The molecule has 0 aromatic heterocycles. The zero-order chi connectivity index (χ0) is 15.4. The highest BCUT2D eigenvalue weighted by molar-refractivity contribution is 5.85. The van der Waals surface area contributed by atoms with Crippen molar-refractivity contribution in [1.29, 1.82) is 0 Å². The summed E-state index contributed by atoms with van der Waals surface area (Å²) in [6, 6.07) is 12.4. The van der Waals surface area contributed by atoms with Gasteiger partial charge in [-0.3, -0.25) is 14.9 Å². The molecule has 0 radical (unpaired) electrons. The molecule has 0 N–H and O–H groups in total. The lowest BCUT2D eigenvalue weighted by molar-refractivity contribution is -0.384. The highest BCUT2D eigenvalue weighted by Gasteiger charge is 2.13. The molecule has 0 aliphatic rings. The quantitative estimate of drug-likeness (QED) is 0.480. The predicted octanol–water partition coefficient (Wildman–Crippen LogP) is 3.35. The van der Waals surface area contributed by atoms with Crippen molar-refractivity contribution in [2.75, 3.05) is 11.9 Å². The van der Waals surface area contributed by atoms with Gasteiger partial charge in [0.05, 0.1) is 4.92 Å². The monoisotopic (exact) mass is 284 g/mol. The third-order valence-corrected chi connectivity index (χ3v) is 3.26. The van der Waals surface area contributed by atoms with Crippen LogP contribution in [0.3, 0.4) is 0 Å². The van der Waals surface area contributed by atoms with Crippen molar-refractivity contribution in [2.24, 2.45) is 0 Å². The van der Waals surface area contributed by atoms with Gasteiger partial charge >= 0.3 is 0 Å². The Hall–Kier alpha value is -2.69. The van der Waals surface area contributed by atoms with Crippen LogP contribution in [-0.2, 0) is 6.54 Å². The van der Waals surface area contributed by atoms with Crippen LogP contribution in [0.25, 0.3) is 0 Å². The van der Waals surface area contributed by atoms with Gasteiger partial charge in [0.1, 0.15) is 0 Å². The standard InChI is InChI=1S/C16H16N2O3/c1-12-4-3-5-13(8-12)10-17(2)16-7-6-15(18(20)21)9-14(16)11-19/h3-9,11H,10H2,1-2H3. The van der Waals surface area contributed by atoms with Gasteiger partial charge in [-0.1, -0.05) is 29.8 Å². The van der Waals surface area contributed by atoms with E-state index >= 15 is 0 Å². The van der Waals surface area contributed by atoms with E-state index in [4.69, 9.17) is 0 Å². The Morgan fingerprint density at radius 2 is 2.00 bits per heavy atom. The van der Waals surface area contributed by atoms with Gasteiger partial charge in [-0.25, -0.2) is 0 Å². The fraction of sp³-hybridized carbons (Fsp3) is 0.188. The summed E-state index contributed by atoms with van der Waals surface area (Å²) in [4.78, 5) is 23.3. The fourth-order valence-electron chi connectivity index (χ4n) is 2.27. The summed E-state index contributed by atoms with van der Waals surface area (Å²) in [6.45, 7) is 2.65. The molecule has 108 valence electrons. The minimum Gasteiger partial charge on any atom is -0.370 e. The third kappa shape index (κ3) is 3.45. The highest BCUT2D eigenvalue weighted by atomic mass is 16.6. The summed E-state index contributed by atoms with van der Waals surface area (Å²) in [6.07, 6.45) is 0.648. The molecular formula is C16H16N2O3. The van der Waals surface area contributed by atoms with E-state index in [0.29, 0.717) is 24.1 Å². The summed E-state index contributed by atoms with van der Waals surface area (Å²) in [5.41, 5.74) is 3.20. The molecule has 0 saturated heterocycles. The van der Waals surface area contributed by atoms with Gasteiger partial charge in [-0.2, -0.15) is 0 Å². The molecular weight excluding hydrogens is 268 g/mol. The van der Waals surface area contributed by atoms with Crippen LogP contribution in [0.4, 0.5) is 11.4 Å². The Bertz CT molecular complexity index is 683. The molecule has 0 aliphatic carbocycles. The van der Waals surface area contributed by atoms with Crippen LogP contribution < -0.4 is 4.90 Å². The Kier molecular flexibility index (Phi) is 4.33. The molecule has 2 aromatic rings. The van der Waals surface area contributed by atoms with E-state index in [2.05, 4.69) is 6.07 Å². The molecule has 5 nitrogen and oxygen atoms in total. The lowest BCUT2D eigenvalue weighted by Crippen LogP contribution is -2.18. The molecule has 0 heterocycles. The number of carbonyl (C=O) groups is 1. The topological polar surface area (TPSA) is 63.4 Å². The number of carbonyl (C=O) groups excluding carboxylic acids is 1. The molecule has 0 bridgehead atoms. The second kappa shape index (κ2) is 6.17. The molecule has 2 aromatic carbocycles. The van der Waals surface area contributed by atoms with Crippen LogP contribution in [0, 0.1) is 17.0 Å². The molecule has 0 unspecified atom stereocenters. The van der Waals surface area contributed by atoms with Gasteiger partial charge < -0.3 is 4.90 Å². The van der Waals surface area contributed by atoms with Crippen LogP contribution >= 0.6 is 0 Å². The number of nitro groups is 1. The first-order valence-corrected chi connectivity index (χ1v) is 6.51. The van der Waals surface area contributed by atoms with Crippen molar-refractivity contribution >= 4 is 17.7 Å². The van der Waals surface area contributed by atoms with Crippen molar-refractivity contribution in [1.82, 2.24) is 0 Å². The number of aldehydes is 1. The third-order valence-electron chi connectivity index (χ3n) is 3.26. The number of benzene rings is 2. The first-order valence-electron chi connectivity index (χ1n) is 6.51. The van der Waals surface area contributed by atoms with Crippen molar-refractivity contribution < 1.29 is 9.72 Å². The lowest BCUT2D eigenvalue weighted by atomic mass is 10.1. The zero-order valence-electron chi connectivity index (χ0n) is 11.9. The number of rotatable bonds is 5. The summed E-state index contributed by atoms with van der Waals surface area (Å²) in [5.74, 6) is 0. The van der Waals surface area contributed by atoms with Crippen molar-refractivity contribution in [3.05, 3.63) is 69.3 Å². The minimum atomic E-state index is -0.503. The summed E-state index contributed by atoms with van der Waals surface area (Å²) < 4.78 is 0. The molecule has 0 saturated carbocycles. The Morgan fingerprint density at radius 1 is 1.24 bits per heavy atom. The van der Waals surface area contributed by atoms with Crippen LogP contribution in [-0.4, -0.2) is 18.3 Å². The van der Waals surface area contributed by atoms with E-state index in [-0.39, 0.29) is 5.69 Å². The van der Waals surface area contributed by atoms with Crippen LogP contribution in [0.5, 0.6) is 0 Å². The Morgan fingerprint density at radius 3 is 2.62 bits per heavy atom. The largest absolute Gasteiger partial charge is 0.370 e. The summed E-state index contributed by atoms with van der Waals surface area (Å²) in [5, 5.41) is 10.8. The molecule has 21 heavy (non-hydrogen) atoms. The summed E-state index contributed by atoms with van der Waals surface area (Å²) >= 11 is 0. The van der Waals surface area contributed by atoms with Gasteiger partial charge in [0.2, 0.25) is 0 Å². The average molecular weight is 284 g/mol. The van der Waals surface area contributed by atoms with Gasteiger partial charge in [0.15, 0.2) is 6.29 Å². The van der Waals surface area contributed by atoms with E-state index in [9.17, 15) is 14.9 Å². The average Bonchev–Trinajstić information content (AvgIpc) is 2.46. The molecule has 2 rings (SSSR count). The van der Waals surface area contributed by atoms with E-state index in [1.165, 1.54) is 17.7 Å². The maximum atomic E-state index is 11.2. The van der Waals surface area contributed by atoms with E-state index in [1.54, 1.807) is 6.07 Å². The van der Waals surface area contributed by atoms with Crippen molar-refractivity contribution in [2.45, 2.75) is 13.5 Å². The summed E-state index contributed by atoms with van der Waals surface area (Å²) in [7, 11) is 1.86. The van der Waals surface area contributed by atoms with Crippen LogP contribution in [0.15, 0.2) is 42.5 Å². The number of non-ortho nitro benzene ring substituents is 1. The second-order valence-corrected chi connectivity index (χ2v) is 4.96.